The van der Waals surface area contributed by atoms with Crippen LogP contribution in [0.4, 0.5) is 0 Å². The van der Waals surface area contributed by atoms with Gasteiger partial charge in [0.05, 0.1) is 11.8 Å². The fraction of sp³-hybridized carbons (Fsp3) is 0.533. The highest BCUT2D eigenvalue weighted by atomic mass is 16.5. The highest BCUT2D eigenvalue weighted by Crippen LogP contribution is 2.16. The number of nitrogens with zero attached hydrogens (tertiary/aromatic N) is 2. The summed E-state index contributed by atoms with van der Waals surface area (Å²) in [7, 11) is 1.53. The SMILES string of the molecule is CC(C)(O)O.COC(C)(C#N)CCc1ccc(C(N)=NC=N)[nH]1. The normalized spacial score (nSPS) is 14.2. The van der Waals surface area contributed by atoms with E-state index in [9.17, 15) is 0 Å². The molecule has 1 rings (SSSR count). The van der Waals surface area contributed by atoms with Crippen molar-refractivity contribution < 1.29 is 14.9 Å². The van der Waals surface area contributed by atoms with Crippen molar-refractivity contribution in [2.45, 2.75) is 45.0 Å². The van der Waals surface area contributed by atoms with Crippen molar-refractivity contribution >= 4 is 12.2 Å². The first-order chi connectivity index (χ1) is 10.5. The molecule has 0 amide bonds. The smallest absolute Gasteiger partial charge is 0.156 e. The fourth-order valence-corrected chi connectivity index (χ4v) is 1.45. The van der Waals surface area contributed by atoms with E-state index in [1.807, 2.05) is 6.07 Å². The molecule has 0 aliphatic rings. The van der Waals surface area contributed by atoms with Crippen LogP contribution in [0.25, 0.3) is 0 Å². The summed E-state index contributed by atoms with van der Waals surface area (Å²) in [6.45, 7) is 4.35. The molecule has 1 aromatic heterocycles. The van der Waals surface area contributed by atoms with Crippen LogP contribution < -0.4 is 5.73 Å². The average Bonchev–Trinajstić information content (AvgIpc) is 2.92. The summed E-state index contributed by atoms with van der Waals surface area (Å²) in [6, 6.07) is 5.82. The standard InChI is InChI=1S/C12H17N5O.C3H8O2/c1-12(7-13,18-2)6-5-9-3-4-10(17-9)11(15)16-8-14;1-3(2,4)5/h3-4,8,17H,5-6H2,1-2H3,(H3,14,15,16);4-5H,1-2H3. The van der Waals surface area contributed by atoms with Crippen LogP contribution in [0.1, 0.15) is 38.6 Å². The van der Waals surface area contributed by atoms with Gasteiger partial charge in [-0.05, 0) is 45.7 Å². The Kier molecular flexibility index (Phi) is 8.18. The van der Waals surface area contributed by atoms with Crippen molar-refractivity contribution in [3.8, 4) is 6.07 Å². The van der Waals surface area contributed by atoms with Gasteiger partial charge in [0.2, 0.25) is 0 Å². The number of H-pyrrole nitrogens is 1. The van der Waals surface area contributed by atoms with Crippen LogP contribution >= 0.6 is 0 Å². The summed E-state index contributed by atoms with van der Waals surface area (Å²) in [4.78, 5) is 6.77. The summed E-state index contributed by atoms with van der Waals surface area (Å²) in [5.74, 6) is -1.23. The van der Waals surface area contributed by atoms with Gasteiger partial charge in [0.25, 0.3) is 0 Å². The van der Waals surface area contributed by atoms with E-state index >= 15 is 0 Å². The first kappa shape index (κ1) is 20.8. The maximum Gasteiger partial charge on any atom is 0.156 e. The van der Waals surface area contributed by atoms with Crippen LogP contribution in [-0.4, -0.2) is 45.9 Å². The summed E-state index contributed by atoms with van der Waals surface area (Å²) >= 11 is 0. The van der Waals surface area contributed by atoms with E-state index in [4.69, 9.17) is 31.4 Å². The fourth-order valence-electron chi connectivity index (χ4n) is 1.45. The zero-order chi connectivity index (χ0) is 18.1. The van der Waals surface area contributed by atoms with E-state index < -0.39 is 11.4 Å². The molecule has 1 heterocycles. The van der Waals surface area contributed by atoms with Crippen molar-refractivity contribution in [2.24, 2.45) is 10.7 Å². The minimum atomic E-state index is -1.50. The minimum absolute atomic E-state index is 0.269. The van der Waals surface area contributed by atoms with Crippen LogP contribution in [-0.2, 0) is 11.2 Å². The molecule has 0 bridgehead atoms. The van der Waals surface area contributed by atoms with E-state index in [2.05, 4.69) is 16.0 Å². The molecule has 0 spiro atoms. The van der Waals surface area contributed by atoms with Crippen molar-refractivity contribution in [3.05, 3.63) is 23.5 Å². The van der Waals surface area contributed by atoms with Crippen molar-refractivity contribution in [2.75, 3.05) is 7.11 Å². The number of amidine groups is 1. The number of nitriles is 1. The molecule has 1 unspecified atom stereocenters. The van der Waals surface area contributed by atoms with E-state index in [0.29, 0.717) is 18.5 Å². The van der Waals surface area contributed by atoms with E-state index in [0.717, 1.165) is 12.0 Å². The number of hydrogen-bond acceptors (Lipinski definition) is 5. The zero-order valence-electron chi connectivity index (χ0n) is 13.9. The highest BCUT2D eigenvalue weighted by molar-refractivity contribution is 5.99. The number of methoxy groups -OCH3 is 1. The molecule has 0 aliphatic heterocycles. The van der Waals surface area contributed by atoms with Gasteiger partial charge in [-0.1, -0.05) is 0 Å². The molecule has 0 fully saturated rings. The number of hydrogen-bond donors (Lipinski definition) is 5. The van der Waals surface area contributed by atoms with Crippen LogP contribution in [0, 0.1) is 16.7 Å². The maximum absolute atomic E-state index is 8.98. The van der Waals surface area contributed by atoms with Crippen LogP contribution in [0.2, 0.25) is 0 Å². The number of aromatic amines is 1. The topological polar surface area (TPSA) is 151 Å². The molecular formula is C15H25N5O3. The molecule has 0 saturated heterocycles. The Morgan fingerprint density at radius 3 is 2.48 bits per heavy atom. The number of nitrogens with two attached hydrogens (primary N) is 1. The van der Waals surface area contributed by atoms with Gasteiger partial charge in [0, 0.05) is 12.8 Å². The quantitative estimate of drug-likeness (QED) is 0.299. The Bertz CT molecular complexity index is 562. The lowest BCUT2D eigenvalue weighted by Crippen LogP contribution is -2.25. The Balaban J connectivity index is 0.000000841. The number of aliphatic hydroxyl groups is 2. The number of aliphatic imine (C=N–C) groups is 1. The van der Waals surface area contributed by atoms with Gasteiger partial charge in [0.15, 0.2) is 11.4 Å². The van der Waals surface area contributed by atoms with Crippen LogP contribution in [0.5, 0.6) is 0 Å². The molecular weight excluding hydrogens is 298 g/mol. The largest absolute Gasteiger partial charge is 0.382 e. The molecule has 0 aromatic carbocycles. The molecule has 8 heteroatoms. The summed E-state index contributed by atoms with van der Waals surface area (Å²) in [6.07, 6.45) is 2.16. The molecule has 8 nitrogen and oxygen atoms in total. The van der Waals surface area contributed by atoms with Gasteiger partial charge < -0.3 is 25.7 Å². The number of aromatic nitrogens is 1. The van der Waals surface area contributed by atoms with Gasteiger partial charge in [-0.2, -0.15) is 5.26 Å². The Morgan fingerprint density at radius 2 is 2.04 bits per heavy atom. The first-order valence-corrected chi connectivity index (χ1v) is 6.96. The molecule has 1 aromatic rings. The average molecular weight is 323 g/mol. The predicted octanol–water partition coefficient (Wildman–Crippen LogP) is 0.895. The summed E-state index contributed by atoms with van der Waals surface area (Å²) in [5, 5.41) is 32.0. The lowest BCUT2D eigenvalue weighted by molar-refractivity contribution is -0.127. The van der Waals surface area contributed by atoms with Gasteiger partial charge in [0.1, 0.15) is 12.2 Å². The van der Waals surface area contributed by atoms with Gasteiger partial charge in [-0.15, -0.1) is 0 Å². The molecule has 0 radical (unpaired) electrons. The molecule has 0 saturated carbocycles. The number of aryl methyl sites for hydroxylation is 1. The second kappa shape index (κ2) is 9.05. The summed E-state index contributed by atoms with van der Waals surface area (Å²) in [5.41, 5.74) is 6.49. The van der Waals surface area contributed by atoms with Gasteiger partial charge in [-0.3, -0.25) is 5.41 Å². The van der Waals surface area contributed by atoms with Crippen LogP contribution in [0.15, 0.2) is 17.1 Å². The first-order valence-electron chi connectivity index (χ1n) is 6.96. The Hall–Kier alpha value is -2.21. The maximum atomic E-state index is 8.98. The van der Waals surface area contributed by atoms with E-state index in [-0.39, 0.29) is 5.84 Å². The van der Waals surface area contributed by atoms with E-state index in [1.54, 1.807) is 13.0 Å². The molecule has 128 valence electrons. The predicted molar refractivity (Wildman–Crippen MR) is 88.2 cm³/mol. The van der Waals surface area contributed by atoms with Crippen molar-refractivity contribution in [1.82, 2.24) is 4.98 Å². The molecule has 0 aliphatic carbocycles. The van der Waals surface area contributed by atoms with Gasteiger partial charge >= 0.3 is 0 Å². The molecule has 23 heavy (non-hydrogen) atoms. The third-order valence-electron chi connectivity index (χ3n) is 2.78. The molecule has 1 atom stereocenters. The third-order valence-corrected chi connectivity index (χ3v) is 2.78. The number of nitrogens with one attached hydrogen (secondary N) is 2. The Labute approximate surface area is 136 Å². The third kappa shape index (κ3) is 9.42. The minimum Gasteiger partial charge on any atom is -0.382 e. The molecule has 6 N–H and O–H groups in total. The second-order valence-electron chi connectivity index (χ2n) is 5.58. The second-order valence-corrected chi connectivity index (χ2v) is 5.58. The number of ether oxygens (including phenoxy) is 1. The Morgan fingerprint density at radius 1 is 1.48 bits per heavy atom. The van der Waals surface area contributed by atoms with Crippen molar-refractivity contribution in [1.29, 1.82) is 10.7 Å². The zero-order valence-corrected chi connectivity index (χ0v) is 13.9. The summed E-state index contributed by atoms with van der Waals surface area (Å²) < 4.78 is 5.15. The van der Waals surface area contributed by atoms with Crippen LogP contribution in [0.3, 0.4) is 0 Å². The highest BCUT2D eigenvalue weighted by Gasteiger charge is 2.22. The number of rotatable bonds is 6. The lowest BCUT2D eigenvalue weighted by atomic mass is 10.0. The lowest BCUT2D eigenvalue weighted by Gasteiger charge is -2.18. The van der Waals surface area contributed by atoms with E-state index in [1.165, 1.54) is 21.0 Å². The van der Waals surface area contributed by atoms with Crippen molar-refractivity contribution in [3.63, 3.8) is 0 Å². The van der Waals surface area contributed by atoms with Gasteiger partial charge in [-0.25, -0.2) is 4.99 Å². The monoisotopic (exact) mass is 323 g/mol.